The summed E-state index contributed by atoms with van der Waals surface area (Å²) in [6, 6.07) is 0.489. The molecule has 0 atom stereocenters. The Balaban J connectivity index is 3.06. The zero-order chi connectivity index (χ0) is 10.7. The lowest BCUT2D eigenvalue weighted by molar-refractivity contribution is 0.286. The normalized spacial score (nSPS) is 10.4. The molecule has 1 rings (SSSR count). The first kappa shape index (κ1) is 10.8. The molecule has 14 heavy (non-hydrogen) atoms. The van der Waals surface area contributed by atoms with Gasteiger partial charge in [-0.3, -0.25) is 0 Å². The van der Waals surface area contributed by atoms with Crippen LogP contribution in [0.4, 0.5) is 17.6 Å². The van der Waals surface area contributed by atoms with Crippen molar-refractivity contribution >= 4 is 0 Å². The van der Waals surface area contributed by atoms with Crippen molar-refractivity contribution in [1.29, 1.82) is 0 Å². The van der Waals surface area contributed by atoms with E-state index in [9.17, 15) is 17.6 Å². The molecule has 1 aromatic carbocycles. The first-order valence-electron chi connectivity index (χ1n) is 4.03. The summed E-state index contributed by atoms with van der Waals surface area (Å²) in [5, 5.41) is 0. The number of hydrogen-bond donors (Lipinski definition) is 0. The topological polar surface area (TPSA) is 9.23 Å². The van der Waals surface area contributed by atoms with E-state index in [1.807, 2.05) is 0 Å². The first-order valence-corrected chi connectivity index (χ1v) is 4.03. The molecule has 0 aliphatic rings. The zero-order valence-corrected chi connectivity index (χ0v) is 7.41. The van der Waals surface area contributed by atoms with Gasteiger partial charge in [-0.1, -0.05) is 6.92 Å². The third-order valence-corrected chi connectivity index (χ3v) is 1.53. The Hall–Kier alpha value is -1.26. The van der Waals surface area contributed by atoms with E-state index in [1.165, 1.54) is 0 Å². The van der Waals surface area contributed by atoms with Crippen molar-refractivity contribution in [3.8, 4) is 5.75 Å². The molecule has 5 heteroatoms. The number of hydrogen-bond acceptors (Lipinski definition) is 1. The maximum Gasteiger partial charge on any atom is 0.203 e. The Morgan fingerprint density at radius 2 is 1.71 bits per heavy atom. The molecular formula is C9H8F4O. The van der Waals surface area contributed by atoms with E-state index in [2.05, 4.69) is 4.74 Å². The fraction of sp³-hybridized carbons (Fsp3) is 0.333. The van der Waals surface area contributed by atoms with E-state index >= 15 is 0 Å². The standard InChI is InChI=1S/C9H8F4O/c1-2-3-14-6-4-5(10)7(11)9(13)8(6)12/h4H,2-3H2,1H3. The van der Waals surface area contributed by atoms with Crippen LogP contribution in [0.1, 0.15) is 13.3 Å². The van der Waals surface area contributed by atoms with Crippen LogP contribution in [0.15, 0.2) is 6.07 Å². The van der Waals surface area contributed by atoms with Gasteiger partial charge in [-0.2, -0.15) is 4.39 Å². The van der Waals surface area contributed by atoms with E-state index in [4.69, 9.17) is 0 Å². The quantitative estimate of drug-likeness (QED) is 0.421. The summed E-state index contributed by atoms with van der Waals surface area (Å²) in [6.45, 7) is 1.86. The van der Waals surface area contributed by atoms with E-state index in [0.717, 1.165) is 0 Å². The van der Waals surface area contributed by atoms with Gasteiger partial charge in [0.2, 0.25) is 11.6 Å². The Kier molecular flexibility index (Phi) is 3.33. The highest BCUT2D eigenvalue weighted by Crippen LogP contribution is 2.24. The lowest BCUT2D eigenvalue weighted by Gasteiger charge is -2.06. The number of benzene rings is 1. The predicted molar refractivity (Wildman–Crippen MR) is 42.1 cm³/mol. The number of halogens is 4. The average molecular weight is 208 g/mol. The summed E-state index contributed by atoms with van der Waals surface area (Å²) in [7, 11) is 0. The lowest BCUT2D eigenvalue weighted by Crippen LogP contribution is -2.03. The Morgan fingerprint density at radius 3 is 2.29 bits per heavy atom. The van der Waals surface area contributed by atoms with Crippen LogP contribution in [0.25, 0.3) is 0 Å². The summed E-state index contributed by atoms with van der Waals surface area (Å²) in [6.07, 6.45) is 0.556. The minimum Gasteiger partial charge on any atom is -0.490 e. The molecule has 0 spiro atoms. The second kappa shape index (κ2) is 4.30. The van der Waals surface area contributed by atoms with Gasteiger partial charge in [0, 0.05) is 6.07 Å². The van der Waals surface area contributed by atoms with Crippen molar-refractivity contribution in [2.45, 2.75) is 13.3 Å². The van der Waals surface area contributed by atoms with Gasteiger partial charge in [-0.25, -0.2) is 13.2 Å². The third kappa shape index (κ3) is 1.97. The van der Waals surface area contributed by atoms with Gasteiger partial charge in [-0.15, -0.1) is 0 Å². The van der Waals surface area contributed by atoms with E-state index in [1.54, 1.807) is 6.92 Å². The van der Waals surface area contributed by atoms with Crippen LogP contribution >= 0.6 is 0 Å². The van der Waals surface area contributed by atoms with Gasteiger partial charge < -0.3 is 4.74 Å². The second-order valence-electron chi connectivity index (χ2n) is 2.65. The number of ether oxygens (including phenoxy) is 1. The van der Waals surface area contributed by atoms with E-state index in [0.29, 0.717) is 12.5 Å². The maximum absolute atomic E-state index is 12.9. The van der Waals surface area contributed by atoms with Crippen LogP contribution in [0.5, 0.6) is 5.75 Å². The van der Waals surface area contributed by atoms with Gasteiger partial charge >= 0.3 is 0 Å². The van der Waals surface area contributed by atoms with Gasteiger partial charge in [0.1, 0.15) is 0 Å². The largest absolute Gasteiger partial charge is 0.490 e. The van der Waals surface area contributed by atoms with Crippen LogP contribution in [0.3, 0.4) is 0 Å². The van der Waals surface area contributed by atoms with Crippen LogP contribution in [0, 0.1) is 23.3 Å². The fourth-order valence-electron chi connectivity index (χ4n) is 0.868. The summed E-state index contributed by atoms with van der Waals surface area (Å²) in [4.78, 5) is 0. The molecular weight excluding hydrogens is 200 g/mol. The molecule has 0 saturated carbocycles. The highest BCUT2D eigenvalue weighted by Gasteiger charge is 2.19. The minimum absolute atomic E-state index is 0.113. The average Bonchev–Trinajstić information content (AvgIpc) is 2.18. The lowest BCUT2D eigenvalue weighted by atomic mass is 10.3. The minimum atomic E-state index is -1.85. The Bertz CT molecular complexity index is 338. The van der Waals surface area contributed by atoms with Gasteiger partial charge in [0.15, 0.2) is 17.4 Å². The van der Waals surface area contributed by atoms with E-state index in [-0.39, 0.29) is 6.61 Å². The predicted octanol–water partition coefficient (Wildman–Crippen LogP) is 3.03. The Labute approximate surface area is 78.3 Å². The summed E-state index contributed by atoms with van der Waals surface area (Å²) >= 11 is 0. The molecule has 0 aromatic heterocycles. The molecule has 0 aliphatic carbocycles. The van der Waals surface area contributed by atoms with Crippen molar-refractivity contribution < 1.29 is 22.3 Å². The molecule has 0 unspecified atom stereocenters. The van der Waals surface area contributed by atoms with Crippen LogP contribution in [-0.2, 0) is 0 Å². The molecule has 0 heterocycles. The fourth-order valence-corrected chi connectivity index (χ4v) is 0.868. The monoisotopic (exact) mass is 208 g/mol. The Morgan fingerprint density at radius 1 is 1.07 bits per heavy atom. The summed E-state index contributed by atoms with van der Waals surface area (Å²) in [5.74, 6) is -7.25. The van der Waals surface area contributed by atoms with Gasteiger partial charge in [0.25, 0.3) is 0 Å². The van der Waals surface area contributed by atoms with Crippen molar-refractivity contribution in [1.82, 2.24) is 0 Å². The van der Waals surface area contributed by atoms with Crippen molar-refractivity contribution in [2.75, 3.05) is 6.61 Å². The molecule has 0 fully saturated rings. The SMILES string of the molecule is CCCOc1cc(F)c(F)c(F)c1F. The molecule has 1 nitrogen and oxygen atoms in total. The first-order chi connectivity index (χ1) is 6.57. The molecule has 1 aromatic rings. The van der Waals surface area contributed by atoms with Crippen molar-refractivity contribution in [3.05, 3.63) is 29.3 Å². The summed E-state index contributed by atoms with van der Waals surface area (Å²) < 4.78 is 55.2. The maximum atomic E-state index is 12.9. The van der Waals surface area contributed by atoms with Crippen LogP contribution in [0.2, 0.25) is 0 Å². The van der Waals surface area contributed by atoms with Crippen LogP contribution in [-0.4, -0.2) is 6.61 Å². The zero-order valence-electron chi connectivity index (χ0n) is 7.41. The van der Waals surface area contributed by atoms with Crippen molar-refractivity contribution in [3.63, 3.8) is 0 Å². The number of rotatable bonds is 3. The molecule has 0 amide bonds. The second-order valence-corrected chi connectivity index (χ2v) is 2.65. The van der Waals surface area contributed by atoms with E-state index < -0.39 is 29.0 Å². The molecule has 0 bridgehead atoms. The van der Waals surface area contributed by atoms with Crippen LogP contribution < -0.4 is 4.74 Å². The molecule has 0 aliphatic heterocycles. The molecule has 0 saturated heterocycles. The van der Waals surface area contributed by atoms with Gasteiger partial charge in [0.05, 0.1) is 6.61 Å². The highest BCUT2D eigenvalue weighted by atomic mass is 19.2. The summed E-state index contributed by atoms with van der Waals surface area (Å²) in [5.41, 5.74) is 0. The smallest absolute Gasteiger partial charge is 0.203 e. The van der Waals surface area contributed by atoms with Gasteiger partial charge in [-0.05, 0) is 6.42 Å². The highest BCUT2D eigenvalue weighted by molar-refractivity contribution is 5.27. The van der Waals surface area contributed by atoms with Crippen molar-refractivity contribution in [2.24, 2.45) is 0 Å². The third-order valence-electron chi connectivity index (χ3n) is 1.53. The molecule has 0 radical (unpaired) electrons. The molecule has 0 N–H and O–H groups in total. The molecule has 78 valence electrons.